The highest BCUT2D eigenvalue weighted by molar-refractivity contribution is 7.92. The molecule has 0 unspecified atom stereocenters. The minimum Gasteiger partial charge on any atom is -0.343 e. The summed E-state index contributed by atoms with van der Waals surface area (Å²) < 4.78 is 25.5. The molecule has 166 valence electrons. The molecule has 2 aromatic rings. The molecule has 0 fully saturated rings. The van der Waals surface area contributed by atoms with Crippen molar-refractivity contribution in [1.82, 2.24) is 5.32 Å². The van der Waals surface area contributed by atoms with E-state index in [1.807, 2.05) is 32.9 Å². The monoisotopic (exact) mass is 446 g/mol. The predicted octanol–water partition coefficient (Wildman–Crippen LogP) is 2.31. The Morgan fingerprint density at radius 2 is 1.55 bits per heavy atom. The van der Waals surface area contributed by atoms with Crippen molar-refractivity contribution in [2.24, 2.45) is 0 Å². The summed E-state index contributed by atoms with van der Waals surface area (Å²) in [5.74, 6) is -1.46. The Bertz CT molecular complexity index is 1120. The van der Waals surface area contributed by atoms with Crippen molar-refractivity contribution in [2.45, 2.75) is 27.7 Å². The second kappa shape index (κ2) is 9.61. The lowest BCUT2D eigenvalue weighted by Gasteiger charge is -2.15. The van der Waals surface area contributed by atoms with Gasteiger partial charge >= 0.3 is 0 Å². The number of sulfonamides is 1. The molecule has 0 heterocycles. The van der Waals surface area contributed by atoms with Crippen LogP contribution >= 0.6 is 0 Å². The predicted molar refractivity (Wildman–Crippen MR) is 121 cm³/mol. The van der Waals surface area contributed by atoms with Crippen LogP contribution in [0.15, 0.2) is 30.3 Å². The molecule has 0 radical (unpaired) electrons. The van der Waals surface area contributed by atoms with Gasteiger partial charge in [0.1, 0.15) is 0 Å². The van der Waals surface area contributed by atoms with E-state index in [-0.39, 0.29) is 23.7 Å². The van der Waals surface area contributed by atoms with Crippen molar-refractivity contribution in [1.29, 1.82) is 0 Å². The molecule has 3 amide bonds. The van der Waals surface area contributed by atoms with Crippen molar-refractivity contribution in [2.75, 3.05) is 28.2 Å². The fourth-order valence-electron chi connectivity index (χ4n) is 3.12. The van der Waals surface area contributed by atoms with E-state index in [4.69, 9.17) is 0 Å². The van der Waals surface area contributed by atoms with Crippen molar-refractivity contribution in [3.63, 3.8) is 0 Å². The standard InChI is InChI=1S/C21H26N4O5S/c1-12-8-13(2)20(14(3)9-12)24-19(27)11-22-21(28)17-10-16(23-15(4)26)6-7-18(17)25-31(5,29)30/h6-10,25H,11H2,1-5H3,(H,22,28)(H,23,26)(H,24,27). The lowest BCUT2D eigenvalue weighted by atomic mass is 10.1. The number of aryl methyl sites for hydroxylation is 3. The first kappa shape index (κ1) is 23.9. The lowest BCUT2D eigenvalue weighted by Crippen LogP contribution is -2.33. The van der Waals surface area contributed by atoms with E-state index in [0.717, 1.165) is 22.9 Å². The highest BCUT2D eigenvalue weighted by Crippen LogP contribution is 2.23. The quantitative estimate of drug-likeness (QED) is 0.518. The SMILES string of the molecule is CC(=O)Nc1ccc(NS(C)(=O)=O)c(C(=O)NCC(=O)Nc2c(C)cc(C)cc2C)c1. The van der Waals surface area contributed by atoms with Crippen molar-refractivity contribution >= 4 is 44.8 Å². The number of carbonyl (C=O) groups excluding carboxylic acids is 3. The van der Waals surface area contributed by atoms with Gasteiger partial charge in [-0.1, -0.05) is 17.7 Å². The third-order valence-electron chi connectivity index (χ3n) is 4.23. The van der Waals surface area contributed by atoms with Crippen LogP contribution in [0.2, 0.25) is 0 Å². The van der Waals surface area contributed by atoms with Gasteiger partial charge in [0.05, 0.1) is 24.1 Å². The second-order valence-corrected chi connectivity index (χ2v) is 9.07. The summed E-state index contributed by atoms with van der Waals surface area (Å²) in [5.41, 5.74) is 3.86. The average molecular weight is 447 g/mol. The van der Waals surface area contributed by atoms with Crippen LogP contribution in [0.25, 0.3) is 0 Å². The number of carbonyl (C=O) groups is 3. The van der Waals surface area contributed by atoms with Crippen LogP contribution in [0.3, 0.4) is 0 Å². The summed E-state index contributed by atoms with van der Waals surface area (Å²) in [6, 6.07) is 8.04. The van der Waals surface area contributed by atoms with Crippen LogP contribution < -0.4 is 20.7 Å². The van der Waals surface area contributed by atoms with E-state index < -0.39 is 21.8 Å². The van der Waals surface area contributed by atoms with Gasteiger partial charge < -0.3 is 16.0 Å². The highest BCUT2D eigenvalue weighted by atomic mass is 32.2. The molecule has 0 spiro atoms. The van der Waals surface area contributed by atoms with Crippen LogP contribution in [-0.2, 0) is 19.6 Å². The first-order chi connectivity index (χ1) is 14.4. The van der Waals surface area contributed by atoms with Gasteiger partial charge in [-0.2, -0.15) is 0 Å². The van der Waals surface area contributed by atoms with Crippen LogP contribution in [0.1, 0.15) is 34.0 Å². The van der Waals surface area contributed by atoms with Crippen LogP contribution in [0.4, 0.5) is 17.1 Å². The molecule has 9 nitrogen and oxygen atoms in total. The molecule has 4 N–H and O–H groups in total. The van der Waals surface area contributed by atoms with Crippen LogP contribution in [0.5, 0.6) is 0 Å². The molecule has 0 saturated carbocycles. The van der Waals surface area contributed by atoms with Crippen molar-refractivity contribution in [3.8, 4) is 0 Å². The molecule has 2 aromatic carbocycles. The van der Waals surface area contributed by atoms with E-state index in [0.29, 0.717) is 11.4 Å². The number of rotatable bonds is 7. The van der Waals surface area contributed by atoms with Gasteiger partial charge in [0.15, 0.2) is 0 Å². The fraction of sp³-hybridized carbons (Fsp3) is 0.286. The zero-order valence-corrected chi connectivity index (χ0v) is 18.9. The largest absolute Gasteiger partial charge is 0.343 e. The maximum absolute atomic E-state index is 12.7. The number of benzene rings is 2. The molecule has 0 atom stereocenters. The number of nitrogens with one attached hydrogen (secondary N) is 4. The van der Waals surface area contributed by atoms with Crippen molar-refractivity contribution < 1.29 is 22.8 Å². The summed E-state index contributed by atoms with van der Waals surface area (Å²) in [5, 5.41) is 7.79. The topological polar surface area (TPSA) is 133 Å². The third-order valence-corrected chi connectivity index (χ3v) is 4.82. The van der Waals surface area contributed by atoms with Gasteiger partial charge in [-0.05, 0) is 50.1 Å². The summed E-state index contributed by atoms with van der Waals surface area (Å²) in [7, 11) is -3.65. The Morgan fingerprint density at radius 1 is 0.935 bits per heavy atom. The van der Waals surface area contributed by atoms with Crippen LogP contribution in [-0.4, -0.2) is 38.9 Å². The Hall–Kier alpha value is -3.40. The van der Waals surface area contributed by atoms with Gasteiger partial charge in [-0.3, -0.25) is 19.1 Å². The maximum Gasteiger partial charge on any atom is 0.253 e. The van der Waals surface area contributed by atoms with Gasteiger partial charge in [0.25, 0.3) is 5.91 Å². The smallest absolute Gasteiger partial charge is 0.253 e. The van der Waals surface area contributed by atoms with E-state index in [9.17, 15) is 22.8 Å². The normalized spacial score (nSPS) is 10.9. The molecule has 2 rings (SSSR count). The van der Waals surface area contributed by atoms with Crippen LogP contribution in [0, 0.1) is 20.8 Å². The Kier molecular flexibility index (Phi) is 7.40. The Labute approximate surface area is 181 Å². The Balaban J connectivity index is 2.18. The lowest BCUT2D eigenvalue weighted by molar-refractivity contribution is -0.115. The summed E-state index contributed by atoms with van der Waals surface area (Å²) in [6.07, 6.45) is 0.954. The first-order valence-corrected chi connectivity index (χ1v) is 11.3. The Morgan fingerprint density at radius 3 is 2.10 bits per heavy atom. The minimum absolute atomic E-state index is 0.0275. The fourth-order valence-corrected chi connectivity index (χ4v) is 3.70. The van der Waals surface area contributed by atoms with E-state index in [1.165, 1.54) is 25.1 Å². The average Bonchev–Trinajstić information content (AvgIpc) is 2.62. The van der Waals surface area contributed by atoms with Gasteiger partial charge in [-0.15, -0.1) is 0 Å². The molecule has 0 aliphatic rings. The summed E-state index contributed by atoms with van der Waals surface area (Å²) in [6.45, 7) is 6.70. The highest BCUT2D eigenvalue weighted by Gasteiger charge is 2.17. The molecule has 31 heavy (non-hydrogen) atoms. The van der Waals surface area contributed by atoms with Gasteiger partial charge in [0.2, 0.25) is 21.8 Å². The first-order valence-electron chi connectivity index (χ1n) is 9.41. The zero-order valence-electron chi connectivity index (χ0n) is 18.0. The minimum atomic E-state index is -3.65. The van der Waals surface area contributed by atoms with E-state index in [1.54, 1.807) is 0 Å². The van der Waals surface area contributed by atoms with E-state index in [2.05, 4.69) is 20.7 Å². The van der Waals surface area contributed by atoms with Crippen molar-refractivity contribution in [3.05, 3.63) is 52.6 Å². The molecule has 0 aliphatic carbocycles. The molecule has 0 aromatic heterocycles. The number of hydrogen-bond acceptors (Lipinski definition) is 5. The molecule has 0 bridgehead atoms. The zero-order chi connectivity index (χ0) is 23.3. The van der Waals surface area contributed by atoms with Gasteiger partial charge in [0, 0.05) is 18.3 Å². The third kappa shape index (κ3) is 7.10. The number of anilines is 3. The molecule has 0 aliphatic heterocycles. The molecule has 0 saturated heterocycles. The molecule has 10 heteroatoms. The second-order valence-electron chi connectivity index (χ2n) is 7.32. The van der Waals surface area contributed by atoms with E-state index >= 15 is 0 Å². The summed E-state index contributed by atoms with van der Waals surface area (Å²) in [4.78, 5) is 36.4. The molecular formula is C21H26N4O5S. The maximum atomic E-state index is 12.7. The molecular weight excluding hydrogens is 420 g/mol. The van der Waals surface area contributed by atoms with Gasteiger partial charge in [-0.25, -0.2) is 8.42 Å². The number of amides is 3. The number of hydrogen-bond donors (Lipinski definition) is 4. The summed E-state index contributed by atoms with van der Waals surface area (Å²) >= 11 is 0.